The molecule has 0 fully saturated rings. The number of anilines is 2. The van der Waals surface area contributed by atoms with Crippen molar-refractivity contribution in [2.24, 2.45) is 0 Å². The van der Waals surface area contributed by atoms with Crippen molar-refractivity contribution in [3.05, 3.63) is 58.6 Å². The quantitative estimate of drug-likeness (QED) is 0.870. The number of benzene rings is 2. The molecule has 0 aliphatic rings. The third-order valence-electron chi connectivity index (χ3n) is 2.92. The highest BCUT2D eigenvalue weighted by Crippen LogP contribution is 2.22. The lowest BCUT2D eigenvalue weighted by Gasteiger charge is -2.19. The lowest BCUT2D eigenvalue weighted by atomic mass is 10.1. The highest BCUT2D eigenvalue weighted by molar-refractivity contribution is 6.33. The third kappa shape index (κ3) is 3.18. The van der Waals surface area contributed by atoms with Gasteiger partial charge in [-0.05, 0) is 42.0 Å². The molecule has 0 aromatic heterocycles. The smallest absolute Gasteiger partial charge is 0.0991 e. The standard InChI is InChI=1S/C15H14ClN3/c1-19(13-5-2-11(9-17)3-6-13)10-12-4-7-14(16)15(18)8-12/h2-8H,10,18H2,1H3. The molecule has 0 aliphatic carbocycles. The number of rotatable bonds is 3. The van der Waals surface area contributed by atoms with Crippen LogP contribution < -0.4 is 10.6 Å². The Balaban J connectivity index is 2.13. The lowest BCUT2D eigenvalue weighted by molar-refractivity contribution is 0.923. The van der Waals surface area contributed by atoms with E-state index in [1.54, 1.807) is 6.07 Å². The van der Waals surface area contributed by atoms with Crippen molar-refractivity contribution in [3.8, 4) is 6.07 Å². The van der Waals surface area contributed by atoms with E-state index in [1.807, 2.05) is 43.4 Å². The van der Waals surface area contributed by atoms with Gasteiger partial charge in [-0.15, -0.1) is 0 Å². The molecule has 0 amide bonds. The molecule has 0 spiro atoms. The zero-order valence-corrected chi connectivity index (χ0v) is 11.4. The van der Waals surface area contributed by atoms with E-state index in [4.69, 9.17) is 22.6 Å². The summed E-state index contributed by atoms with van der Waals surface area (Å²) >= 11 is 5.90. The molecule has 0 heterocycles. The number of nitriles is 1. The van der Waals surface area contributed by atoms with Gasteiger partial charge in [-0.25, -0.2) is 0 Å². The number of nitrogens with two attached hydrogens (primary N) is 1. The fourth-order valence-corrected chi connectivity index (χ4v) is 1.96. The number of hydrogen-bond acceptors (Lipinski definition) is 3. The van der Waals surface area contributed by atoms with E-state index >= 15 is 0 Å². The third-order valence-corrected chi connectivity index (χ3v) is 3.26. The minimum atomic E-state index is 0.574. The van der Waals surface area contributed by atoms with Gasteiger partial charge >= 0.3 is 0 Å². The molecular weight excluding hydrogens is 258 g/mol. The molecule has 2 aromatic carbocycles. The van der Waals surface area contributed by atoms with Crippen molar-refractivity contribution in [1.82, 2.24) is 0 Å². The predicted octanol–water partition coefficient (Wildman–Crippen LogP) is 3.43. The Hall–Kier alpha value is -2.18. The Labute approximate surface area is 117 Å². The molecule has 0 atom stereocenters. The van der Waals surface area contributed by atoms with Crippen LogP contribution in [0.5, 0.6) is 0 Å². The number of nitrogens with zero attached hydrogens (tertiary/aromatic N) is 2. The van der Waals surface area contributed by atoms with Crippen molar-refractivity contribution in [2.75, 3.05) is 17.7 Å². The zero-order chi connectivity index (χ0) is 13.8. The van der Waals surface area contributed by atoms with Gasteiger partial charge in [0.25, 0.3) is 0 Å². The molecule has 0 radical (unpaired) electrons. The average Bonchev–Trinajstić information content (AvgIpc) is 2.43. The van der Waals surface area contributed by atoms with Gasteiger partial charge in [-0.1, -0.05) is 17.7 Å². The highest BCUT2D eigenvalue weighted by atomic mass is 35.5. The SMILES string of the molecule is CN(Cc1ccc(Cl)c(N)c1)c1ccc(C#N)cc1. The van der Waals surface area contributed by atoms with E-state index in [1.165, 1.54) is 0 Å². The highest BCUT2D eigenvalue weighted by Gasteiger charge is 2.04. The van der Waals surface area contributed by atoms with Gasteiger partial charge in [0, 0.05) is 19.3 Å². The van der Waals surface area contributed by atoms with E-state index in [-0.39, 0.29) is 0 Å². The molecule has 3 nitrogen and oxygen atoms in total. The van der Waals surface area contributed by atoms with Gasteiger partial charge in [-0.3, -0.25) is 0 Å². The normalized spacial score (nSPS) is 9.95. The summed E-state index contributed by atoms with van der Waals surface area (Å²) in [6, 6.07) is 15.2. The molecule has 0 bridgehead atoms. The maximum atomic E-state index is 8.77. The molecular formula is C15H14ClN3. The first-order valence-electron chi connectivity index (χ1n) is 5.85. The summed E-state index contributed by atoms with van der Waals surface area (Å²) in [6.45, 7) is 0.729. The van der Waals surface area contributed by atoms with Crippen LogP contribution in [0.2, 0.25) is 5.02 Å². The fraction of sp³-hybridized carbons (Fsp3) is 0.133. The van der Waals surface area contributed by atoms with E-state index in [0.29, 0.717) is 16.3 Å². The van der Waals surface area contributed by atoms with Gasteiger partial charge in [0.05, 0.1) is 22.3 Å². The second-order valence-electron chi connectivity index (χ2n) is 4.37. The van der Waals surface area contributed by atoms with Crippen molar-refractivity contribution in [2.45, 2.75) is 6.54 Å². The molecule has 4 heteroatoms. The number of hydrogen-bond donors (Lipinski definition) is 1. The molecule has 2 rings (SSSR count). The van der Waals surface area contributed by atoms with Gasteiger partial charge in [0.1, 0.15) is 0 Å². The molecule has 0 unspecified atom stereocenters. The maximum absolute atomic E-state index is 8.77. The summed E-state index contributed by atoms with van der Waals surface area (Å²) in [6.07, 6.45) is 0. The van der Waals surface area contributed by atoms with Crippen molar-refractivity contribution in [3.63, 3.8) is 0 Å². The van der Waals surface area contributed by atoms with Crippen LogP contribution in [0.4, 0.5) is 11.4 Å². The Morgan fingerprint density at radius 3 is 2.47 bits per heavy atom. The minimum Gasteiger partial charge on any atom is -0.398 e. The second kappa shape index (κ2) is 5.64. The van der Waals surface area contributed by atoms with Crippen molar-refractivity contribution >= 4 is 23.0 Å². The van der Waals surface area contributed by atoms with Gasteiger partial charge < -0.3 is 10.6 Å². The van der Waals surface area contributed by atoms with E-state index in [0.717, 1.165) is 17.8 Å². The Morgan fingerprint density at radius 2 is 1.89 bits per heavy atom. The van der Waals surface area contributed by atoms with Crippen molar-refractivity contribution in [1.29, 1.82) is 5.26 Å². The number of halogens is 1. The van der Waals surface area contributed by atoms with Crippen LogP contribution in [0.1, 0.15) is 11.1 Å². The Morgan fingerprint density at radius 1 is 1.21 bits per heavy atom. The average molecular weight is 272 g/mol. The van der Waals surface area contributed by atoms with Crippen molar-refractivity contribution < 1.29 is 0 Å². The van der Waals surface area contributed by atoms with Gasteiger partial charge in [-0.2, -0.15) is 5.26 Å². The Kier molecular flexibility index (Phi) is 3.94. The van der Waals surface area contributed by atoms with Crippen LogP contribution in [0.15, 0.2) is 42.5 Å². The van der Waals surface area contributed by atoms with Crippen LogP contribution >= 0.6 is 11.6 Å². The molecule has 0 saturated carbocycles. The van der Waals surface area contributed by atoms with Crippen LogP contribution in [0.25, 0.3) is 0 Å². The van der Waals surface area contributed by atoms with Crippen LogP contribution in [0, 0.1) is 11.3 Å². The second-order valence-corrected chi connectivity index (χ2v) is 4.78. The maximum Gasteiger partial charge on any atom is 0.0991 e. The summed E-state index contributed by atoms with van der Waals surface area (Å²) in [4.78, 5) is 2.09. The summed E-state index contributed by atoms with van der Waals surface area (Å²) in [5.74, 6) is 0. The fourth-order valence-electron chi connectivity index (χ4n) is 1.85. The summed E-state index contributed by atoms with van der Waals surface area (Å²) in [5.41, 5.74) is 9.18. The van der Waals surface area contributed by atoms with E-state index in [2.05, 4.69) is 11.0 Å². The lowest BCUT2D eigenvalue weighted by Crippen LogP contribution is -2.16. The van der Waals surface area contributed by atoms with Gasteiger partial charge in [0.15, 0.2) is 0 Å². The number of nitrogen functional groups attached to an aromatic ring is 1. The minimum absolute atomic E-state index is 0.574. The zero-order valence-electron chi connectivity index (χ0n) is 10.6. The first-order chi connectivity index (χ1) is 9.10. The van der Waals surface area contributed by atoms with Gasteiger partial charge in [0.2, 0.25) is 0 Å². The topological polar surface area (TPSA) is 53.0 Å². The molecule has 2 N–H and O–H groups in total. The summed E-state index contributed by atoms with van der Waals surface area (Å²) in [7, 11) is 1.99. The monoisotopic (exact) mass is 271 g/mol. The van der Waals surface area contributed by atoms with Crippen LogP contribution in [0.3, 0.4) is 0 Å². The summed E-state index contributed by atoms with van der Waals surface area (Å²) in [5, 5.41) is 9.34. The summed E-state index contributed by atoms with van der Waals surface area (Å²) < 4.78 is 0. The largest absolute Gasteiger partial charge is 0.398 e. The predicted molar refractivity (Wildman–Crippen MR) is 79.1 cm³/mol. The molecule has 19 heavy (non-hydrogen) atoms. The molecule has 0 saturated heterocycles. The van der Waals surface area contributed by atoms with E-state index in [9.17, 15) is 0 Å². The molecule has 0 aliphatic heterocycles. The van der Waals surface area contributed by atoms with Crippen LogP contribution in [-0.4, -0.2) is 7.05 Å². The first-order valence-corrected chi connectivity index (χ1v) is 6.23. The first kappa shape index (κ1) is 13.3. The molecule has 96 valence electrons. The van der Waals surface area contributed by atoms with Crippen LogP contribution in [-0.2, 0) is 6.54 Å². The molecule has 2 aromatic rings. The van der Waals surface area contributed by atoms with E-state index < -0.39 is 0 Å². The Bertz CT molecular complexity index is 614.